The third kappa shape index (κ3) is 2.07. The average Bonchev–Trinajstić information content (AvgIpc) is 2.52. The number of hydrogen-bond donors (Lipinski definition) is 0. The maximum absolute atomic E-state index is 12.5. The summed E-state index contributed by atoms with van der Waals surface area (Å²) in [5.74, 6) is -1.58. The van der Waals surface area contributed by atoms with Crippen LogP contribution in [0.1, 0.15) is 27.6 Å². The molecule has 110 valence electrons. The van der Waals surface area contributed by atoms with Gasteiger partial charge in [0.15, 0.2) is 6.73 Å². The lowest BCUT2D eigenvalue weighted by molar-refractivity contribution is -0.141. The van der Waals surface area contributed by atoms with Crippen LogP contribution in [0.5, 0.6) is 0 Å². The van der Waals surface area contributed by atoms with Gasteiger partial charge in [0.2, 0.25) is 0 Å². The standard InChI is InChI=1S/C17H13NO4/c1-10(2)17(21)22-9-18-15(19)12-7-3-5-11-6-4-8-13(14(11)12)16(18)20/h3-8H,1,9H2,2H3. The first-order valence-corrected chi connectivity index (χ1v) is 6.71. The molecular weight excluding hydrogens is 282 g/mol. The quantitative estimate of drug-likeness (QED) is 0.496. The summed E-state index contributed by atoms with van der Waals surface area (Å²) in [6, 6.07) is 10.5. The molecule has 0 bridgehead atoms. The van der Waals surface area contributed by atoms with Crippen molar-refractivity contribution in [3.05, 3.63) is 59.7 Å². The van der Waals surface area contributed by atoms with Gasteiger partial charge in [-0.2, -0.15) is 0 Å². The van der Waals surface area contributed by atoms with Crippen LogP contribution in [0.3, 0.4) is 0 Å². The topological polar surface area (TPSA) is 63.7 Å². The van der Waals surface area contributed by atoms with Crippen LogP contribution in [0, 0.1) is 0 Å². The molecule has 0 unspecified atom stereocenters. The van der Waals surface area contributed by atoms with Gasteiger partial charge in [-0.3, -0.25) is 9.59 Å². The van der Waals surface area contributed by atoms with Crippen LogP contribution >= 0.6 is 0 Å². The molecule has 2 aromatic carbocycles. The molecule has 2 amide bonds. The molecule has 3 rings (SSSR count). The number of esters is 1. The van der Waals surface area contributed by atoms with E-state index in [1.165, 1.54) is 6.92 Å². The highest BCUT2D eigenvalue weighted by Gasteiger charge is 2.33. The Morgan fingerprint density at radius 1 is 1.09 bits per heavy atom. The van der Waals surface area contributed by atoms with E-state index >= 15 is 0 Å². The number of amides is 2. The molecule has 1 aliphatic heterocycles. The highest BCUT2D eigenvalue weighted by atomic mass is 16.5. The van der Waals surface area contributed by atoms with Crippen LogP contribution in [-0.4, -0.2) is 29.4 Å². The fourth-order valence-electron chi connectivity index (χ4n) is 2.44. The summed E-state index contributed by atoms with van der Waals surface area (Å²) in [6.07, 6.45) is 0. The smallest absolute Gasteiger partial charge is 0.334 e. The Morgan fingerprint density at radius 2 is 1.64 bits per heavy atom. The number of benzene rings is 2. The Hall–Kier alpha value is -2.95. The van der Waals surface area contributed by atoms with Crippen molar-refractivity contribution in [2.24, 2.45) is 0 Å². The number of hydrogen-bond acceptors (Lipinski definition) is 4. The summed E-state index contributed by atoms with van der Waals surface area (Å²) in [5.41, 5.74) is 1.07. The van der Waals surface area contributed by atoms with Gasteiger partial charge in [-0.1, -0.05) is 30.8 Å². The number of carbonyl (C=O) groups excluding carboxylic acids is 3. The normalized spacial score (nSPS) is 13.4. The molecule has 0 N–H and O–H groups in total. The fraction of sp³-hybridized carbons (Fsp3) is 0.118. The molecule has 0 radical (unpaired) electrons. The van der Waals surface area contributed by atoms with E-state index in [9.17, 15) is 14.4 Å². The van der Waals surface area contributed by atoms with Crippen LogP contribution in [-0.2, 0) is 9.53 Å². The zero-order chi connectivity index (χ0) is 15.9. The predicted molar refractivity (Wildman–Crippen MR) is 80.2 cm³/mol. The second kappa shape index (κ2) is 5.11. The van der Waals surface area contributed by atoms with E-state index in [2.05, 4.69) is 6.58 Å². The minimum atomic E-state index is -0.641. The van der Waals surface area contributed by atoms with Gasteiger partial charge >= 0.3 is 5.97 Å². The first-order chi connectivity index (χ1) is 10.5. The number of imide groups is 1. The Labute approximate surface area is 126 Å². The van der Waals surface area contributed by atoms with Crippen LogP contribution in [0.25, 0.3) is 10.8 Å². The molecule has 5 heteroatoms. The van der Waals surface area contributed by atoms with E-state index < -0.39 is 24.5 Å². The van der Waals surface area contributed by atoms with Gasteiger partial charge in [0, 0.05) is 22.1 Å². The summed E-state index contributed by atoms with van der Waals surface area (Å²) in [7, 11) is 0. The summed E-state index contributed by atoms with van der Waals surface area (Å²) in [5, 5.41) is 1.47. The van der Waals surface area contributed by atoms with E-state index in [1.807, 2.05) is 12.1 Å². The van der Waals surface area contributed by atoms with Crippen LogP contribution in [0.15, 0.2) is 48.6 Å². The van der Waals surface area contributed by atoms with Crippen molar-refractivity contribution in [1.29, 1.82) is 0 Å². The van der Waals surface area contributed by atoms with E-state index in [-0.39, 0.29) is 5.57 Å². The SMILES string of the molecule is C=C(C)C(=O)OCN1C(=O)c2cccc3cccc(c23)C1=O. The van der Waals surface area contributed by atoms with Crippen molar-refractivity contribution in [3.8, 4) is 0 Å². The second-order valence-electron chi connectivity index (χ2n) is 5.09. The first-order valence-electron chi connectivity index (χ1n) is 6.71. The zero-order valence-corrected chi connectivity index (χ0v) is 12.0. The molecule has 0 atom stereocenters. The lowest BCUT2D eigenvalue weighted by atomic mass is 9.94. The van der Waals surface area contributed by atoms with Gasteiger partial charge in [0.25, 0.3) is 11.8 Å². The van der Waals surface area contributed by atoms with Crippen LogP contribution < -0.4 is 0 Å². The first kappa shape index (κ1) is 14.0. The molecule has 0 aromatic heterocycles. The highest BCUT2D eigenvalue weighted by molar-refractivity contribution is 6.25. The van der Waals surface area contributed by atoms with Gasteiger partial charge in [-0.05, 0) is 24.4 Å². The Morgan fingerprint density at radius 3 is 2.14 bits per heavy atom. The summed E-state index contributed by atoms with van der Waals surface area (Å²) in [6.45, 7) is 4.54. The molecule has 0 saturated heterocycles. The number of nitrogens with zero attached hydrogens (tertiary/aromatic N) is 1. The van der Waals surface area contributed by atoms with Gasteiger partial charge in [-0.25, -0.2) is 9.69 Å². The van der Waals surface area contributed by atoms with Crippen molar-refractivity contribution >= 4 is 28.6 Å². The predicted octanol–water partition coefficient (Wildman–Crippen LogP) is 2.51. The minimum Gasteiger partial charge on any atom is -0.440 e. The van der Waals surface area contributed by atoms with E-state index in [0.717, 1.165) is 10.3 Å². The third-order valence-corrected chi connectivity index (χ3v) is 3.53. The maximum atomic E-state index is 12.5. The van der Waals surface area contributed by atoms with Gasteiger partial charge < -0.3 is 4.74 Å². The van der Waals surface area contributed by atoms with E-state index in [1.54, 1.807) is 24.3 Å². The van der Waals surface area contributed by atoms with Gasteiger partial charge in [0.1, 0.15) is 0 Å². The molecule has 2 aromatic rings. The van der Waals surface area contributed by atoms with Gasteiger partial charge in [-0.15, -0.1) is 0 Å². The van der Waals surface area contributed by atoms with Crippen molar-refractivity contribution in [2.75, 3.05) is 6.73 Å². The second-order valence-corrected chi connectivity index (χ2v) is 5.09. The number of ether oxygens (including phenoxy) is 1. The number of rotatable bonds is 3. The largest absolute Gasteiger partial charge is 0.440 e. The Balaban J connectivity index is 2.01. The zero-order valence-electron chi connectivity index (χ0n) is 12.0. The number of carbonyl (C=O) groups is 3. The molecule has 22 heavy (non-hydrogen) atoms. The van der Waals surface area contributed by atoms with Crippen LogP contribution in [0.4, 0.5) is 0 Å². The lowest BCUT2D eigenvalue weighted by Crippen LogP contribution is -2.42. The molecule has 0 fully saturated rings. The third-order valence-electron chi connectivity index (χ3n) is 3.53. The highest BCUT2D eigenvalue weighted by Crippen LogP contribution is 2.29. The van der Waals surface area contributed by atoms with E-state index in [0.29, 0.717) is 16.5 Å². The molecule has 5 nitrogen and oxygen atoms in total. The molecule has 0 spiro atoms. The fourth-order valence-corrected chi connectivity index (χ4v) is 2.44. The average molecular weight is 295 g/mol. The monoisotopic (exact) mass is 295 g/mol. The van der Waals surface area contributed by atoms with Crippen molar-refractivity contribution in [3.63, 3.8) is 0 Å². The molecular formula is C17H13NO4. The Bertz CT molecular complexity index is 787. The van der Waals surface area contributed by atoms with Gasteiger partial charge in [0.05, 0.1) is 0 Å². The summed E-state index contributed by atoms with van der Waals surface area (Å²) < 4.78 is 4.94. The molecule has 1 heterocycles. The molecule has 1 aliphatic rings. The van der Waals surface area contributed by atoms with Crippen LogP contribution in [0.2, 0.25) is 0 Å². The van der Waals surface area contributed by atoms with Crippen molar-refractivity contribution < 1.29 is 19.1 Å². The summed E-state index contributed by atoms with van der Waals surface area (Å²) in [4.78, 5) is 37.4. The van der Waals surface area contributed by atoms with Crippen molar-refractivity contribution in [1.82, 2.24) is 4.90 Å². The molecule has 0 saturated carbocycles. The Kier molecular flexibility index (Phi) is 3.25. The van der Waals surface area contributed by atoms with E-state index in [4.69, 9.17) is 4.74 Å². The lowest BCUT2D eigenvalue weighted by Gasteiger charge is -2.26. The maximum Gasteiger partial charge on any atom is 0.334 e. The molecule has 0 aliphatic carbocycles. The summed E-state index contributed by atoms with van der Waals surface area (Å²) >= 11 is 0. The minimum absolute atomic E-state index is 0.208. The van der Waals surface area contributed by atoms with Crippen molar-refractivity contribution in [2.45, 2.75) is 6.92 Å².